The maximum absolute atomic E-state index is 6.22. The van der Waals surface area contributed by atoms with Crippen LogP contribution >= 0.6 is 11.6 Å². The minimum atomic E-state index is 0.184. The normalized spacial score (nSPS) is 19.5. The summed E-state index contributed by atoms with van der Waals surface area (Å²) in [6, 6.07) is 14.2. The van der Waals surface area contributed by atoms with Gasteiger partial charge in [0.2, 0.25) is 0 Å². The van der Waals surface area contributed by atoms with Gasteiger partial charge in [-0.05, 0) is 30.7 Å². The predicted octanol–water partition coefficient (Wildman–Crippen LogP) is 2.95. The summed E-state index contributed by atoms with van der Waals surface area (Å²) in [6.45, 7) is 2.70. The van der Waals surface area contributed by atoms with Crippen molar-refractivity contribution in [1.82, 2.24) is 16.2 Å². The lowest BCUT2D eigenvalue weighted by Crippen LogP contribution is -2.30. The highest BCUT2D eigenvalue weighted by molar-refractivity contribution is 6.31. The van der Waals surface area contributed by atoms with Crippen LogP contribution in [0.2, 0.25) is 5.02 Å². The summed E-state index contributed by atoms with van der Waals surface area (Å²) >= 11 is 6.22. The Morgan fingerprint density at radius 2 is 2.00 bits per heavy atom. The number of hydrazine groups is 1. The zero-order valence-electron chi connectivity index (χ0n) is 15.2. The zero-order chi connectivity index (χ0) is 18.4. The van der Waals surface area contributed by atoms with Crippen molar-refractivity contribution in [2.45, 2.75) is 12.5 Å². The molecule has 2 aromatic carbocycles. The minimum absolute atomic E-state index is 0.184. The van der Waals surface area contributed by atoms with E-state index < -0.39 is 0 Å². The van der Waals surface area contributed by atoms with Crippen molar-refractivity contribution in [3.05, 3.63) is 58.6 Å². The number of halogens is 1. The topological polar surface area (TPSA) is 54.5 Å². The average molecular weight is 376 g/mol. The Kier molecular flexibility index (Phi) is 6.74. The molecule has 0 saturated carbocycles. The van der Waals surface area contributed by atoms with Crippen molar-refractivity contribution in [1.29, 1.82) is 0 Å². The van der Waals surface area contributed by atoms with E-state index in [9.17, 15) is 0 Å². The van der Waals surface area contributed by atoms with Crippen molar-refractivity contribution in [2.24, 2.45) is 5.92 Å². The fourth-order valence-electron chi connectivity index (χ4n) is 3.34. The number of hydrogen-bond acceptors (Lipinski definition) is 5. The van der Waals surface area contributed by atoms with Crippen LogP contribution in [-0.2, 0) is 6.42 Å². The molecule has 0 aromatic heterocycles. The third kappa shape index (κ3) is 4.48. The molecule has 2 unspecified atom stereocenters. The molecular weight excluding hydrogens is 350 g/mol. The number of ether oxygens (including phenoxy) is 2. The predicted molar refractivity (Wildman–Crippen MR) is 105 cm³/mol. The van der Waals surface area contributed by atoms with Gasteiger partial charge in [-0.3, -0.25) is 5.43 Å². The minimum Gasteiger partial charge on any atom is -0.497 e. The van der Waals surface area contributed by atoms with Gasteiger partial charge in [0.1, 0.15) is 11.5 Å². The van der Waals surface area contributed by atoms with Crippen molar-refractivity contribution >= 4 is 11.6 Å². The molecule has 1 saturated heterocycles. The van der Waals surface area contributed by atoms with Crippen LogP contribution in [0.5, 0.6) is 11.5 Å². The second-order valence-corrected chi connectivity index (χ2v) is 6.82. The highest BCUT2D eigenvalue weighted by Crippen LogP contribution is 2.34. The first-order valence-corrected chi connectivity index (χ1v) is 9.25. The van der Waals surface area contributed by atoms with E-state index >= 15 is 0 Å². The van der Waals surface area contributed by atoms with E-state index in [1.54, 1.807) is 14.2 Å². The molecule has 0 aliphatic carbocycles. The van der Waals surface area contributed by atoms with Gasteiger partial charge >= 0.3 is 0 Å². The van der Waals surface area contributed by atoms with Gasteiger partial charge in [0.05, 0.1) is 20.3 Å². The molecular formula is C20H26ClN3O2. The van der Waals surface area contributed by atoms with E-state index in [4.69, 9.17) is 21.1 Å². The summed E-state index contributed by atoms with van der Waals surface area (Å²) in [5.74, 6) is 2.06. The Morgan fingerprint density at radius 1 is 1.15 bits per heavy atom. The van der Waals surface area contributed by atoms with Gasteiger partial charge < -0.3 is 14.8 Å². The molecule has 6 heteroatoms. The second kappa shape index (κ2) is 9.24. The Hall–Kier alpha value is -1.79. The summed E-state index contributed by atoms with van der Waals surface area (Å²) in [7, 11) is 3.35. The quantitative estimate of drug-likeness (QED) is 0.619. The molecule has 0 radical (unpaired) electrons. The summed E-state index contributed by atoms with van der Waals surface area (Å²) in [4.78, 5) is 0. The third-order valence-corrected chi connectivity index (χ3v) is 5.17. The molecule has 5 nitrogen and oxygen atoms in total. The molecule has 1 aliphatic rings. The van der Waals surface area contributed by atoms with Crippen LogP contribution in [0.1, 0.15) is 17.2 Å². The number of benzene rings is 2. The Balaban J connectivity index is 1.58. The number of methoxy groups -OCH3 is 2. The highest BCUT2D eigenvalue weighted by atomic mass is 35.5. The Bertz CT molecular complexity index is 726. The summed E-state index contributed by atoms with van der Waals surface area (Å²) < 4.78 is 10.9. The maximum atomic E-state index is 6.22. The molecule has 1 aliphatic heterocycles. The molecule has 0 spiro atoms. The first-order chi connectivity index (χ1) is 12.7. The SMILES string of the molecule is COc1ccc(C2NNCC2CNCCc2ccccc2Cl)c(OC)c1. The lowest BCUT2D eigenvalue weighted by molar-refractivity contribution is 0.375. The summed E-state index contributed by atoms with van der Waals surface area (Å²) in [6.07, 6.45) is 0.920. The lowest BCUT2D eigenvalue weighted by Gasteiger charge is -2.22. The third-order valence-electron chi connectivity index (χ3n) is 4.80. The number of rotatable bonds is 8. The Morgan fingerprint density at radius 3 is 2.77 bits per heavy atom. The molecule has 2 atom stereocenters. The van der Waals surface area contributed by atoms with Gasteiger partial charge in [-0.2, -0.15) is 0 Å². The molecule has 1 heterocycles. The molecule has 3 rings (SSSR count). The van der Waals surface area contributed by atoms with E-state index in [2.05, 4.69) is 28.3 Å². The number of nitrogens with one attached hydrogen (secondary N) is 3. The second-order valence-electron chi connectivity index (χ2n) is 6.42. The van der Waals surface area contributed by atoms with Gasteiger partial charge in [-0.15, -0.1) is 0 Å². The smallest absolute Gasteiger partial charge is 0.127 e. The van der Waals surface area contributed by atoms with Gasteiger partial charge in [0.25, 0.3) is 0 Å². The van der Waals surface area contributed by atoms with Crippen LogP contribution in [0.4, 0.5) is 0 Å². The van der Waals surface area contributed by atoms with Crippen LogP contribution < -0.4 is 25.6 Å². The van der Waals surface area contributed by atoms with E-state index in [0.717, 1.165) is 48.1 Å². The van der Waals surface area contributed by atoms with Gasteiger partial charge in [-0.1, -0.05) is 35.9 Å². The molecule has 26 heavy (non-hydrogen) atoms. The first kappa shape index (κ1) is 19.0. The summed E-state index contributed by atoms with van der Waals surface area (Å²) in [5.41, 5.74) is 8.96. The molecule has 140 valence electrons. The first-order valence-electron chi connectivity index (χ1n) is 8.87. The molecule has 2 aromatic rings. The van der Waals surface area contributed by atoms with Crippen LogP contribution in [0, 0.1) is 5.92 Å². The molecule has 0 bridgehead atoms. The lowest BCUT2D eigenvalue weighted by atomic mass is 9.94. The van der Waals surface area contributed by atoms with Crippen molar-refractivity contribution in [3.8, 4) is 11.5 Å². The van der Waals surface area contributed by atoms with E-state index in [1.165, 1.54) is 5.56 Å². The van der Waals surface area contributed by atoms with Crippen LogP contribution in [0.25, 0.3) is 0 Å². The molecule has 3 N–H and O–H groups in total. The largest absolute Gasteiger partial charge is 0.497 e. The van der Waals surface area contributed by atoms with E-state index in [-0.39, 0.29) is 6.04 Å². The van der Waals surface area contributed by atoms with Gasteiger partial charge in [0.15, 0.2) is 0 Å². The van der Waals surface area contributed by atoms with Crippen molar-refractivity contribution in [2.75, 3.05) is 33.9 Å². The van der Waals surface area contributed by atoms with Crippen LogP contribution in [0.15, 0.2) is 42.5 Å². The molecule has 1 fully saturated rings. The van der Waals surface area contributed by atoms with Crippen molar-refractivity contribution in [3.63, 3.8) is 0 Å². The zero-order valence-corrected chi connectivity index (χ0v) is 16.0. The van der Waals surface area contributed by atoms with Gasteiger partial charge in [0, 0.05) is 35.7 Å². The summed E-state index contributed by atoms with van der Waals surface area (Å²) in [5, 5.41) is 4.39. The average Bonchev–Trinajstić information content (AvgIpc) is 3.14. The van der Waals surface area contributed by atoms with Gasteiger partial charge in [-0.25, -0.2) is 5.43 Å². The van der Waals surface area contributed by atoms with E-state index in [1.807, 2.05) is 30.3 Å². The van der Waals surface area contributed by atoms with Crippen LogP contribution in [0.3, 0.4) is 0 Å². The maximum Gasteiger partial charge on any atom is 0.127 e. The fraction of sp³-hybridized carbons (Fsp3) is 0.400. The fourth-order valence-corrected chi connectivity index (χ4v) is 3.57. The Labute approximate surface area is 160 Å². The van der Waals surface area contributed by atoms with E-state index in [0.29, 0.717) is 5.92 Å². The van der Waals surface area contributed by atoms with Crippen LogP contribution in [-0.4, -0.2) is 33.9 Å². The monoisotopic (exact) mass is 375 g/mol. The number of hydrogen-bond donors (Lipinski definition) is 3. The van der Waals surface area contributed by atoms with Crippen molar-refractivity contribution < 1.29 is 9.47 Å². The standard InChI is InChI=1S/C20H26ClN3O2/c1-25-16-7-8-17(19(11-16)26-2)20-15(13-23-24-20)12-22-10-9-14-5-3-4-6-18(14)21/h3-8,11,15,20,22-24H,9-10,12-13H2,1-2H3. The molecule has 0 amide bonds. The highest BCUT2D eigenvalue weighted by Gasteiger charge is 2.30.